The van der Waals surface area contributed by atoms with Crippen LogP contribution in [0.15, 0.2) is 0 Å². The number of nitrogens with two attached hydrogens (primary N) is 1. The summed E-state index contributed by atoms with van der Waals surface area (Å²) >= 11 is 0. The zero-order valence-corrected chi connectivity index (χ0v) is 12.9. The Bertz CT molecular complexity index is 430. The first-order chi connectivity index (χ1) is 11.1. The quantitative estimate of drug-likeness (QED) is 0.534. The molecule has 0 unspecified atom stereocenters. The number of nitrogens with zero attached hydrogens (tertiary/aromatic N) is 2. The van der Waals surface area contributed by atoms with E-state index in [-0.39, 0.29) is 6.03 Å². The predicted octanol–water partition coefficient (Wildman–Crippen LogP) is 0.969. The summed E-state index contributed by atoms with van der Waals surface area (Å²) in [6.07, 6.45) is -9.14. The summed E-state index contributed by atoms with van der Waals surface area (Å²) in [5.74, 6) is -5.51. The molecule has 1 aliphatic rings. The first-order valence-electron chi connectivity index (χ1n) is 6.42. The maximum atomic E-state index is 10.7. The van der Waals surface area contributed by atoms with Crippen molar-refractivity contribution >= 4 is 18.0 Å². The zero-order chi connectivity index (χ0) is 20.4. The van der Waals surface area contributed by atoms with Gasteiger partial charge in [0.05, 0.1) is 0 Å². The van der Waals surface area contributed by atoms with Gasteiger partial charge in [0.15, 0.2) is 0 Å². The Balaban J connectivity index is 0. The van der Waals surface area contributed by atoms with E-state index < -0.39 is 24.3 Å². The van der Waals surface area contributed by atoms with Crippen molar-refractivity contribution in [3.05, 3.63) is 0 Å². The minimum Gasteiger partial charge on any atom is -0.475 e. The monoisotopic (exact) mass is 385 g/mol. The van der Waals surface area contributed by atoms with Gasteiger partial charge in [-0.15, -0.1) is 0 Å². The summed E-state index contributed by atoms with van der Waals surface area (Å²) in [5.41, 5.74) is 5.15. The van der Waals surface area contributed by atoms with Crippen LogP contribution >= 0.6 is 0 Å². The van der Waals surface area contributed by atoms with Crippen LogP contribution in [0.1, 0.15) is 6.42 Å². The number of amides is 2. The van der Waals surface area contributed by atoms with Crippen molar-refractivity contribution in [2.24, 2.45) is 5.73 Å². The number of carboxylic acid groups (broad SMARTS) is 2. The van der Waals surface area contributed by atoms with Crippen molar-refractivity contribution in [1.29, 1.82) is 0 Å². The smallest absolute Gasteiger partial charge is 0.475 e. The highest BCUT2D eigenvalue weighted by Gasteiger charge is 2.38. The van der Waals surface area contributed by atoms with Gasteiger partial charge >= 0.3 is 30.3 Å². The zero-order valence-electron chi connectivity index (χ0n) is 12.9. The van der Waals surface area contributed by atoms with Crippen LogP contribution in [0, 0.1) is 0 Å². The lowest BCUT2D eigenvalue weighted by Gasteiger charge is -2.17. The molecule has 0 aromatic carbocycles. The summed E-state index contributed by atoms with van der Waals surface area (Å²) in [7, 11) is 2.06. The van der Waals surface area contributed by atoms with E-state index in [4.69, 9.17) is 25.5 Å². The standard InChI is InChI=1S/C7H15N3O.2C2HF3O2/c1-9-3-2-4-10(6-5-9)7(8)11;2*3-2(4,5)1(6)7/h2-6H2,1H3,(H2,8,11);2*(H,6,7). The van der Waals surface area contributed by atoms with Crippen molar-refractivity contribution < 1.29 is 50.9 Å². The maximum absolute atomic E-state index is 10.7. The van der Waals surface area contributed by atoms with E-state index in [1.807, 2.05) is 0 Å². The van der Waals surface area contributed by atoms with Crippen molar-refractivity contribution in [2.75, 3.05) is 33.2 Å². The number of urea groups is 1. The number of halogens is 6. The van der Waals surface area contributed by atoms with E-state index in [9.17, 15) is 31.1 Å². The summed E-state index contributed by atoms with van der Waals surface area (Å²) in [6, 6.07) is -0.291. The number of hydrogen-bond donors (Lipinski definition) is 3. The number of likely N-dealkylation sites (N-methyl/N-ethyl adjacent to an activating group) is 1. The van der Waals surface area contributed by atoms with Crippen LogP contribution in [-0.4, -0.2) is 83.6 Å². The molecular formula is C11H17F6N3O5. The summed E-state index contributed by atoms with van der Waals surface area (Å²) in [4.78, 5) is 32.4. The Morgan fingerprint density at radius 3 is 1.48 bits per heavy atom. The van der Waals surface area contributed by atoms with Crippen molar-refractivity contribution in [2.45, 2.75) is 18.8 Å². The third-order valence-corrected chi connectivity index (χ3v) is 2.52. The molecule has 4 N–H and O–H groups in total. The fourth-order valence-corrected chi connectivity index (χ4v) is 1.27. The van der Waals surface area contributed by atoms with Crippen LogP contribution in [0.2, 0.25) is 0 Å². The largest absolute Gasteiger partial charge is 0.490 e. The van der Waals surface area contributed by atoms with Crippen molar-refractivity contribution in [1.82, 2.24) is 9.80 Å². The van der Waals surface area contributed by atoms with E-state index in [0.717, 1.165) is 32.6 Å². The van der Waals surface area contributed by atoms with E-state index >= 15 is 0 Å². The molecule has 0 aliphatic carbocycles. The van der Waals surface area contributed by atoms with Crippen LogP contribution < -0.4 is 5.73 Å². The molecule has 0 aromatic heterocycles. The molecule has 0 aromatic rings. The first-order valence-corrected chi connectivity index (χ1v) is 6.42. The summed E-state index contributed by atoms with van der Waals surface area (Å²) in [6.45, 7) is 3.57. The molecule has 148 valence electrons. The highest BCUT2D eigenvalue weighted by atomic mass is 19.4. The Morgan fingerprint density at radius 1 is 0.840 bits per heavy atom. The fraction of sp³-hybridized carbons (Fsp3) is 0.727. The van der Waals surface area contributed by atoms with Gasteiger partial charge in [-0.05, 0) is 20.0 Å². The molecule has 0 atom stereocenters. The van der Waals surface area contributed by atoms with Gasteiger partial charge < -0.3 is 25.7 Å². The second-order valence-corrected chi connectivity index (χ2v) is 4.59. The molecule has 1 rings (SSSR count). The van der Waals surface area contributed by atoms with E-state index in [1.54, 1.807) is 4.90 Å². The normalized spacial score (nSPS) is 15.7. The Hall–Kier alpha value is -2.25. The minimum atomic E-state index is -5.08. The van der Waals surface area contributed by atoms with Crippen LogP contribution in [0.5, 0.6) is 0 Å². The second-order valence-electron chi connectivity index (χ2n) is 4.59. The van der Waals surface area contributed by atoms with Gasteiger partial charge in [0.2, 0.25) is 0 Å². The Morgan fingerprint density at radius 2 is 1.20 bits per heavy atom. The Labute approximate surface area is 137 Å². The van der Waals surface area contributed by atoms with Gasteiger partial charge in [-0.25, -0.2) is 14.4 Å². The van der Waals surface area contributed by atoms with Gasteiger partial charge in [0.1, 0.15) is 0 Å². The lowest BCUT2D eigenvalue weighted by Crippen LogP contribution is -2.38. The number of aliphatic carboxylic acids is 2. The maximum Gasteiger partial charge on any atom is 0.490 e. The van der Waals surface area contributed by atoms with Crippen LogP contribution in [0.25, 0.3) is 0 Å². The highest BCUT2D eigenvalue weighted by Crippen LogP contribution is 2.13. The van der Waals surface area contributed by atoms with E-state index in [2.05, 4.69) is 11.9 Å². The number of alkyl halides is 6. The number of primary amides is 1. The van der Waals surface area contributed by atoms with Gasteiger partial charge in [-0.1, -0.05) is 0 Å². The SMILES string of the molecule is CN1CCCN(C(N)=O)CC1.O=C(O)C(F)(F)F.O=C(O)C(F)(F)F. The van der Waals surface area contributed by atoms with E-state index in [0.29, 0.717) is 0 Å². The molecule has 0 bridgehead atoms. The molecule has 1 aliphatic heterocycles. The van der Waals surface area contributed by atoms with Crippen LogP contribution in [0.4, 0.5) is 31.1 Å². The Kier molecular flexibility index (Phi) is 10.6. The molecule has 1 saturated heterocycles. The van der Waals surface area contributed by atoms with Gasteiger partial charge in [-0.3, -0.25) is 0 Å². The number of carboxylic acids is 2. The average Bonchev–Trinajstić information content (AvgIpc) is 2.62. The van der Waals surface area contributed by atoms with E-state index in [1.165, 1.54) is 0 Å². The lowest BCUT2D eigenvalue weighted by molar-refractivity contribution is -0.193. The van der Waals surface area contributed by atoms with Gasteiger partial charge in [0, 0.05) is 19.6 Å². The number of rotatable bonds is 0. The average molecular weight is 385 g/mol. The van der Waals surface area contributed by atoms with Crippen LogP contribution in [0.3, 0.4) is 0 Å². The molecule has 1 fully saturated rings. The molecule has 0 radical (unpaired) electrons. The van der Waals surface area contributed by atoms with Crippen molar-refractivity contribution in [3.8, 4) is 0 Å². The number of carbonyl (C=O) groups excluding carboxylic acids is 1. The number of carbonyl (C=O) groups is 3. The molecule has 2 amide bonds. The lowest BCUT2D eigenvalue weighted by atomic mass is 10.4. The fourth-order valence-electron chi connectivity index (χ4n) is 1.27. The molecule has 25 heavy (non-hydrogen) atoms. The molecular weight excluding hydrogens is 368 g/mol. The highest BCUT2D eigenvalue weighted by molar-refractivity contribution is 5.73. The van der Waals surface area contributed by atoms with Crippen molar-refractivity contribution in [3.63, 3.8) is 0 Å². The van der Waals surface area contributed by atoms with Gasteiger partial charge in [-0.2, -0.15) is 26.3 Å². The second kappa shape index (κ2) is 10.6. The first kappa shape index (κ1) is 25.0. The molecule has 0 spiro atoms. The molecule has 1 heterocycles. The third-order valence-electron chi connectivity index (χ3n) is 2.52. The predicted molar refractivity (Wildman–Crippen MR) is 70.7 cm³/mol. The summed E-state index contributed by atoms with van der Waals surface area (Å²) < 4.78 is 63.5. The van der Waals surface area contributed by atoms with Gasteiger partial charge in [0.25, 0.3) is 0 Å². The van der Waals surface area contributed by atoms with Crippen LogP contribution in [-0.2, 0) is 9.59 Å². The molecule has 0 saturated carbocycles. The topological polar surface area (TPSA) is 124 Å². The minimum absolute atomic E-state index is 0.291. The third kappa shape index (κ3) is 13.8. The molecule has 14 heteroatoms. The number of hydrogen-bond acceptors (Lipinski definition) is 4. The summed E-state index contributed by atoms with van der Waals surface area (Å²) in [5, 5.41) is 14.2. The molecule has 8 nitrogen and oxygen atoms in total.